The molecule has 1 fully saturated rings. The van der Waals surface area contributed by atoms with Gasteiger partial charge in [0.05, 0.1) is 18.8 Å². The standard InChI is InChI=1S/C34H34ClN3O4/c1-33(2)41-29-23(20-27(30(29)42-33)28(39)21-38-32-31(35)36-18-19-37-32)22-40-34(24-12-6-3-7-13-24,25-14-8-4-9-15-25)26-16-10-5-11-17-26/h3-20,27-30,39H,21-22H2,1-2H3,(H,37,38)/t27?,28-,29-,30+/m1/s1. The second-order valence-corrected chi connectivity index (χ2v) is 11.4. The van der Waals surface area contributed by atoms with Crippen LogP contribution in [0.4, 0.5) is 5.82 Å². The van der Waals surface area contributed by atoms with Crippen molar-refractivity contribution in [2.24, 2.45) is 5.92 Å². The number of rotatable bonds is 10. The maximum Gasteiger partial charge on any atom is 0.171 e. The molecule has 8 heteroatoms. The van der Waals surface area contributed by atoms with Crippen LogP contribution in [0.3, 0.4) is 0 Å². The molecule has 0 spiro atoms. The number of nitrogens with zero attached hydrogens (tertiary/aromatic N) is 2. The molecule has 0 amide bonds. The molecule has 4 atom stereocenters. The van der Waals surface area contributed by atoms with E-state index in [9.17, 15) is 5.11 Å². The Balaban J connectivity index is 1.33. The van der Waals surface area contributed by atoms with Gasteiger partial charge < -0.3 is 24.6 Å². The lowest BCUT2D eigenvalue weighted by molar-refractivity contribution is -0.152. The fourth-order valence-corrected chi connectivity index (χ4v) is 6.16. The van der Waals surface area contributed by atoms with Crippen molar-refractivity contribution in [2.75, 3.05) is 18.5 Å². The van der Waals surface area contributed by atoms with E-state index in [4.69, 9.17) is 25.8 Å². The maximum atomic E-state index is 11.3. The number of halogens is 1. The van der Waals surface area contributed by atoms with E-state index >= 15 is 0 Å². The third kappa shape index (κ3) is 5.59. The first-order valence-electron chi connectivity index (χ1n) is 14.1. The third-order valence-corrected chi connectivity index (χ3v) is 8.13. The molecule has 3 aromatic carbocycles. The zero-order valence-corrected chi connectivity index (χ0v) is 24.3. The summed E-state index contributed by atoms with van der Waals surface area (Å²) < 4.78 is 19.8. The molecule has 0 bridgehead atoms. The van der Waals surface area contributed by atoms with Crippen molar-refractivity contribution in [2.45, 2.75) is 43.5 Å². The van der Waals surface area contributed by atoms with E-state index in [0.717, 1.165) is 22.3 Å². The van der Waals surface area contributed by atoms with Crippen molar-refractivity contribution in [3.8, 4) is 0 Å². The lowest BCUT2D eigenvalue weighted by Crippen LogP contribution is -2.37. The van der Waals surface area contributed by atoms with Crippen LogP contribution in [-0.2, 0) is 19.8 Å². The fraction of sp³-hybridized carbons (Fsp3) is 0.294. The number of benzene rings is 3. The van der Waals surface area contributed by atoms with Crippen molar-refractivity contribution < 1.29 is 19.3 Å². The number of hydrogen-bond acceptors (Lipinski definition) is 7. The molecule has 216 valence electrons. The number of anilines is 1. The highest BCUT2D eigenvalue weighted by Gasteiger charge is 2.52. The second kappa shape index (κ2) is 12.0. The Morgan fingerprint density at radius 3 is 1.98 bits per heavy atom. The van der Waals surface area contributed by atoms with Crippen LogP contribution in [0.25, 0.3) is 0 Å². The predicted molar refractivity (Wildman–Crippen MR) is 162 cm³/mol. The molecule has 2 heterocycles. The minimum absolute atomic E-state index is 0.211. The Morgan fingerprint density at radius 1 is 0.881 bits per heavy atom. The summed E-state index contributed by atoms with van der Waals surface area (Å²) in [6.45, 7) is 4.27. The summed E-state index contributed by atoms with van der Waals surface area (Å²) in [5, 5.41) is 14.7. The van der Waals surface area contributed by atoms with Gasteiger partial charge in [-0.1, -0.05) is 109 Å². The van der Waals surface area contributed by atoms with Gasteiger partial charge in [0.15, 0.2) is 16.8 Å². The van der Waals surface area contributed by atoms with Crippen LogP contribution >= 0.6 is 11.6 Å². The topological polar surface area (TPSA) is 85.7 Å². The number of aliphatic hydroxyl groups is 1. The monoisotopic (exact) mass is 583 g/mol. The van der Waals surface area contributed by atoms with Crippen molar-refractivity contribution >= 4 is 17.4 Å². The highest BCUT2D eigenvalue weighted by Crippen LogP contribution is 2.45. The van der Waals surface area contributed by atoms with Crippen molar-refractivity contribution in [3.05, 3.63) is 137 Å². The molecule has 2 N–H and O–H groups in total. The number of fused-ring (bicyclic) bond motifs is 1. The van der Waals surface area contributed by atoms with E-state index in [1.807, 2.05) is 74.5 Å². The van der Waals surface area contributed by atoms with Gasteiger partial charge in [-0.25, -0.2) is 9.97 Å². The van der Waals surface area contributed by atoms with Crippen molar-refractivity contribution in [3.63, 3.8) is 0 Å². The quantitative estimate of drug-likeness (QED) is 0.175. The Morgan fingerprint density at radius 2 is 1.43 bits per heavy atom. The zero-order chi connectivity index (χ0) is 29.2. The molecule has 1 aliphatic carbocycles. The van der Waals surface area contributed by atoms with E-state index in [1.54, 1.807) is 6.20 Å². The van der Waals surface area contributed by atoms with Gasteiger partial charge in [-0.15, -0.1) is 0 Å². The zero-order valence-electron chi connectivity index (χ0n) is 23.6. The summed E-state index contributed by atoms with van der Waals surface area (Å²) in [7, 11) is 0. The molecule has 0 radical (unpaired) electrons. The van der Waals surface area contributed by atoms with Crippen molar-refractivity contribution in [1.82, 2.24) is 9.97 Å². The maximum absolute atomic E-state index is 11.3. The average molecular weight is 584 g/mol. The molecular weight excluding hydrogens is 550 g/mol. The van der Waals surface area contributed by atoms with Gasteiger partial charge in [-0.2, -0.15) is 0 Å². The van der Waals surface area contributed by atoms with Crippen LogP contribution in [0, 0.1) is 5.92 Å². The largest absolute Gasteiger partial charge is 0.391 e. The smallest absolute Gasteiger partial charge is 0.171 e. The van der Waals surface area contributed by atoms with Gasteiger partial charge >= 0.3 is 0 Å². The van der Waals surface area contributed by atoms with Gasteiger partial charge in [0.2, 0.25) is 0 Å². The van der Waals surface area contributed by atoms with Crippen LogP contribution in [0.5, 0.6) is 0 Å². The molecule has 42 heavy (non-hydrogen) atoms. The van der Waals surface area contributed by atoms with Gasteiger partial charge in [-0.3, -0.25) is 0 Å². The summed E-state index contributed by atoms with van der Waals surface area (Å²) in [6, 6.07) is 30.8. The fourth-order valence-electron chi connectivity index (χ4n) is 5.99. The Bertz CT molecular complexity index is 1420. The van der Waals surface area contributed by atoms with E-state index in [-0.39, 0.29) is 36.4 Å². The summed E-state index contributed by atoms with van der Waals surface area (Å²) in [6.07, 6.45) is 3.59. The minimum atomic E-state index is -0.879. The van der Waals surface area contributed by atoms with Gasteiger partial charge in [0, 0.05) is 24.9 Å². The average Bonchev–Trinajstić information content (AvgIpc) is 3.51. The lowest BCUT2D eigenvalue weighted by Gasteiger charge is -2.36. The first-order chi connectivity index (χ1) is 20.4. The summed E-state index contributed by atoms with van der Waals surface area (Å²) in [4.78, 5) is 8.26. The van der Waals surface area contributed by atoms with Crippen LogP contribution in [-0.4, -0.2) is 52.3 Å². The van der Waals surface area contributed by atoms with Gasteiger partial charge in [-0.05, 0) is 36.1 Å². The minimum Gasteiger partial charge on any atom is -0.391 e. The lowest BCUT2D eigenvalue weighted by atomic mass is 9.80. The molecule has 1 aromatic heterocycles. The van der Waals surface area contributed by atoms with Crippen LogP contribution in [0.1, 0.15) is 30.5 Å². The molecule has 7 nitrogen and oxygen atoms in total. The predicted octanol–water partition coefficient (Wildman–Crippen LogP) is 5.99. The van der Waals surface area contributed by atoms with E-state index in [0.29, 0.717) is 5.82 Å². The first kappa shape index (κ1) is 28.5. The Hall–Kier alpha value is -3.59. The van der Waals surface area contributed by atoms with Gasteiger partial charge in [0.25, 0.3) is 0 Å². The molecule has 1 aliphatic heterocycles. The highest BCUT2D eigenvalue weighted by atomic mass is 35.5. The molecule has 6 rings (SSSR count). The summed E-state index contributed by atoms with van der Waals surface area (Å²) in [5.74, 6) is -0.718. The number of nitrogens with one attached hydrogen (secondary N) is 1. The molecule has 1 unspecified atom stereocenters. The summed E-state index contributed by atoms with van der Waals surface area (Å²) >= 11 is 6.16. The Labute approximate surface area is 251 Å². The summed E-state index contributed by atoms with van der Waals surface area (Å²) in [5.41, 5.74) is 3.10. The number of aliphatic hydroxyl groups excluding tert-OH is 1. The number of hydrogen-bond donors (Lipinski definition) is 2. The molecule has 0 saturated carbocycles. The second-order valence-electron chi connectivity index (χ2n) is 11.1. The van der Waals surface area contributed by atoms with Gasteiger partial charge in [0.1, 0.15) is 11.7 Å². The first-order valence-corrected chi connectivity index (χ1v) is 14.5. The molecular formula is C34H34ClN3O4. The number of aromatic nitrogens is 2. The number of ether oxygens (including phenoxy) is 3. The normalized spacial score (nSPS) is 21.9. The SMILES string of the molecule is CC1(C)O[C@@H]2C(COC(c3ccccc3)(c3ccccc3)c3ccccc3)=CC([C@H](O)CNc3nccnc3Cl)[C@@H]2O1. The van der Waals surface area contributed by atoms with E-state index in [2.05, 4.69) is 51.7 Å². The molecule has 1 saturated heterocycles. The van der Waals surface area contributed by atoms with E-state index in [1.165, 1.54) is 6.20 Å². The van der Waals surface area contributed by atoms with Crippen LogP contribution in [0.2, 0.25) is 5.15 Å². The van der Waals surface area contributed by atoms with Crippen molar-refractivity contribution in [1.29, 1.82) is 0 Å². The molecule has 4 aromatic rings. The highest BCUT2D eigenvalue weighted by molar-refractivity contribution is 6.31. The third-order valence-electron chi connectivity index (χ3n) is 7.85. The molecule has 2 aliphatic rings. The van der Waals surface area contributed by atoms with Crippen LogP contribution in [0.15, 0.2) is 115 Å². The van der Waals surface area contributed by atoms with Crippen LogP contribution < -0.4 is 5.32 Å². The van der Waals surface area contributed by atoms with E-state index < -0.39 is 17.5 Å². The Kier molecular flexibility index (Phi) is 8.12.